The number of amides is 1. The zero-order chi connectivity index (χ0) is 14.0. The zero-order valence-electron chi connectivity index (χ0n) is 11.2. The number of nitrogens with zero attached hydrogens (tertiary/aromatic N) is 1. The van der Waals surface area contributed by atoms with Crippen LogP contribution in [-0.4, -0.2) is 34.4 Å². The number of hydrogen-bond acceptors (Lipinski definition) is 2. The van der Waals surface area contributed by atoms with Crippen LogP contribution in [0.4, 0.5) is 0 Å². The third-order valence-electron chi connectivity index (χ3n) is 3.18. The first-order valence-electron chi connectivity index (χ1n) is 6.27. The monoisotopic (exact) mass is 279 g/mol. The summed E-state index contributed by atoms with van der Waals surface area (Å²) in [6.45, 7) is 7.94. The summed E-state index contributed by atoms with van der Waals surface area (Å²) in [4.78, 5) is 13.3. The van der Waals surface area contributed by atoms with E-state index in [-0.39, 0.29) is 11.9 Å². The lowest BCUT2D eigenvalue weighted by Crippen LogP contribution is -2.72. The second kappa shape index (κ2) is 5.25. The molecule has 0 bridgehead atoms. The molecule has 3 nitrogen and oxygen atoms in total. The van der Waals surface area contributed by atoms with E-state index in [1.807, 2.05) is 44.2 Å². The van der Waals surface area contributed by atoms with Gasteiger partial charge in [-0.05, 0) is 26.0 Å². The molecule has 0 aromatic heterocycles. The Kier molecular flexibility index (Phi) is 3.85. The van der Waals surface area contributed by atoms with Gasteiger partial charge in [-0.2, -0.15) is 0 Å². The average molecular weight is 280 g/mol. The second-order valence-electron chi connectivity index (χ2n) is 5.14. The minimum Gasteiger partial charge on any atom is -0.478 e. The van der Waals surface area contributed by atoms with E-state index in [1.54, 1.807) is 11.0 Å². The Labute approximate surface area is 118 Å². The third kappa shape index (κ3) is 2.76. The maximum Gasteiger partial charge on any atom is 0.266 e. The number of hydrogen-bond donors (Lipinski definition) is 0. The van der Waals surface area contributed by atoms with Gasteiger partial charge in [0.1, 0.15) is 5.75 Å². The van der Waals surface area contributed by atoms with Gasteiger partial charge >= 0.3 is 0 Å². The zero-order valence-corrected chi connectivity index (χ0v) is 11.9. The Hall–Kier alpha value is -1.48. The molecule has 0 saturated carbocycles. The Morgan fingerprint density at radius 3 is 2.58 bits per heavy atom. The Bertz CT molecular complexity index is 467. The first-order valence-corrected chi connectivity index (χ1v) is 6.65. The number of carbonyl (C=O) groups excluding carboxylic acids is 1. The van der Waals surface area contributed by atoms with Crippen molar-refractivity contribution in [3.8, 4) is 5.75 Å². The van der Waals surface area contributed by atoms with Gasteiger partial charge in [-0.25, -0.2) is 0 Å². The van der Waals surface area contributed by atoms with Crippen molar-refractivity contribution in [3.05, 3.63) is 43.0 Å². The van der Waals surface area contributed by atoms with Crippen molar-refractivity contribution in [2.24, 2.45) is 0 Å². The molecule has 1 fully saturated rings. The van der Waals surface area contributed by atoms with Crippen LogP contribution in [0.1, 0.15) is 13.8 Å². The van der Waals surface area contributed by atoms with E-state index in [9.17, 15) is 4.79 Å². The predicted molar refractivity (Wildman–Crippen MR) is 76.5 cm³/mol. The molecule has 4 heteroatoms. The summed E-state index contributed by atoms with van der Waals surface area (Å²) in [7, 11) is 0. The summed E-state index contributed by atoms with van der Waals surface area (Å²) in [6, 6.07) is 9.17. The van der Waals surface area contributed by atoms with Crippen LogP contribution in [0.2, 0.25) is 0 Å². The van der Waals surface area contributed by atoms with Crippen molar-refractivity contribution in [1.82, 2.24) is 4.90 Å². The first-order chi connectivity index (χ1) is 8.95. The molecule has 2 atom stereocenters. The van der Waals surface area contributed by atoms with E-state index in [2.05, 4.69) is 6.58 Å². The average Bonchev–Trinajstić information content (AvgIpc) is 2.36. The molecule has 0 N–H and O–H groups in total. The normalized spacial score (nSPS) is 22.9. The molecule has 2 rings (SSSR count). The van der Waals surface area contributed by atoms with Crippen LogP contribution >= 0.6 is 11.6 Å². The van der Waals surface area contributed by atoms with E-state index in [0.29, 0.717) is 12.3 Å². The van der Waals surface area contributed by atoms with Gasteiger partial charge in [0.25, 0.3) is 5.91 Å². The molecule has 102 valence electrons. The maximum absolute atomic E-state index is 12.1. The Morgan fingerprint density at radius 1 is 1.42 bits per heavy atom. The molecule has 0 aliphatic carbocycles. The highest BCUT2D eigenvalue weighted by Crippen LogP contribution is 2.36. The highest BCUT2D eigenvalue weighted by Gasteiger charge is 2.55. The molecular formula is C15H18ClNO2. The van der Waals surface area contributed by atoms with E-state index in [4.69, 9.17) is 16.3 Å². The minimum absolute atomic E-state index is 0.0394. The Morgan fingerprint density at radius 2 is 2.05 bits per heavy atom. The van der Waals surface area contributed by atoms with Crippen molar-refractivity contribution in [1.29, 1.82) is 0 Å². The first kappa shape index (κ1) is 13.9. The molecule has 1 heterocycles. The van der Waals surface area contributed by atoms with Gasteiger partial charge in [-0.1, -0.05) is 24.3 Å². The topological polar surface area (TPSA) is 29.5 Å². The SMILES string of the molecule is C=CCN1C(=O)[C@@H](Oc2ccccc2)[C@H]1C(C)(C)Cl. The van der Waals surface area contributed by atoms with Gasteiger partial charge in [0.15, 0.2) is 6.10 Å². The highest BCUT2D eigenvalue weighted by molar-refractivity contribution is 6.24. The van der Waals surface area contributed by atoms with Crippen LogP contribution in [0.15, 0.2) is 43.0 Å². The molecular weight excluding hydrogens is 262 g/mol. The quantitative estimate of drug-likeness (QED) is 0.471. The number of carbonyl (C=O) groups is 1. The van der Waals surface area contributed by atoms with Crippen LogP contribution in [0.5, 0.6) is 5.75 Å². The fraction of sp³-hybridized carbons (Fsp3) is 0.400. The number of alkyl halides is 1. The van der Waals surface area contributed by atoms with E-state index in [0.717, 1.165) is 0 Å². The number of likely N-dealkylation sites (tertiary alicyclic amines) is 1. The molecule has 0 radical (unpaired) electrons. The molecule has 1 aliphatic rings. The lowest BCUT2D eigenvalue weighted by atomic mass is 9.87. The lowest BCUT2D eigenvalue weighted by Gasteiger charge is -2.51. The smallest absolute Gasteiger partial charge is 0.266 e. The number of ether oxygens (including phenoxy) is 1. The van der Waals surface area contributed by atoms with Gasteiger partial charge in [0, 0.05) is 6.54 Å². The Balaban J connectivity index is 2.16. The van der Waals surface area contributed by atoms with Crippen molar-refractivity contribution in [2.45, 2.75) is 30.9 Å². The fourth-order valence-corrected chi connectivity index (χ4v) is 2.58. The molecule has 1 aromatic rings. The summed E-state index contributed by atoms with van der Waals surface area (Å²) >= 11 is 6.38. The van der Waals surface area contributed by atoms with Gasteiger partial charge in [-0.15, -0.1) is 18.2 Å². The molecule has 19 heavy (non-hydrogen) atoms. The number of β-lactam (4-membered cyclic amide) rings is 1. The summed E-state index contributed by atoms with van der Waals surface area (Å²) in [6.07, 6.45) is 1.18. The molecule has 1 saturated heterocycles. The lowest BCUT2D eigenvalue weighted by molar-refractivity contribution is -0.164. The molecule has 1 amide bonds. The van der Waals surface area contributed by atoms with Crippen molar-refractivity contribution in [2.75, 3.05) is 6.54 Å². The van der Waals surface area contributed by atoms with Crippen LogP contribution in [0.3, 0.4) is 0 Å². The number of halogens is 1. The summed E-state index contributed by atoms with van der Waals surface area (Å²) in [5, 5.41) is 0. The van der Waals surface area contributed by atoms with Crippen LogP contribution < -0.4 is 4.74 Å². The van der Waals surface area contributed by atoms with Crippen LogP contribution in [0, 0.1) is 0 Å². The van der Waals surface area contributed by atoms with Gasteiger partial charge in [0.05, 0.1) is 10.9 Å². The highest BCUT2D eigenvalue weighted by atomic mass is 35.5. The molecule has 1 aliphatic heterocycles. The molecule has 1 aromatic carbocycles. The van der Waals surface area contributed by atoms with Gasteiger partial charge in [-0.3, -0.25) is 4.79 Å². The van der Waals surface area contributed by atoms with Gasteiger partial charge in [0.2, 0.25) is 0 Å². The molecule has 0 unspecified atom stereocenters. The third-order valence-corrected chi connectivity index (χ3v) is 3.41. The number of para-hydroxylation sites is 1. The number of benzene rings is 1. The predicted octanol–water partition coefficient (Wildman–Crippen LogP) is 2.85. The van der Waals surface area contributed by atoms with E-state index < -0.39 is 11.0 Å². The van der Waals surface area contributed by atoms with Crippen LogP contribution in [-0.2, 0) is 4.79 Å². The van der Waals surface area contributed by atoms with Gasteiger partial charge < -0.3 is 9.64 Å². The number of rotatable bonds is 5. The summed E-state index contributed by atoms with van der Waals surface area (Å²) in [5.74, 6) is 0.646. The van der Waals surface area contributed by atoms with E-state index >= 15 is 0 Å². The standard InChI is InChI=1S/C15H18ClNO2/c1-4-10-17-13(15(2,3)16)12(14(17)18)19-11-8-6-5-7-9-11/h4-9,12-13H,1,10H2,2-3H3/t12-,13-/m0/s1. The maximum atomic E-state index is 12.1. The summed E-state index contributed by atoms with van der Waals surface area (Å²) in [5.41, 5.74) is 0. The van der Waals surface area contributed by atoms with E-state index in [1.165, 1.54) is 0 Å². The summed E-state index contributed by atoms with van der Waals surface area (Å²) < 4.78 is 5.77. The fourth-order valence-electron chi connectivity index (χ4n) is 2.35. The molecule has 0 spiro atoms. The largest absolute Gasteiger partial charge is 0.478 e. The van der Waals surface area contributed by atoms with Crippen molar-refractivity contribution >= 4 is 17.5 Å². The van der Waals surface area contributed by atoms with Crippen LogP contribution in [0.25, 0.3) is 0 Å². The van der Waals surface area contributed by atoms with Crippen molar-refractivity contribution in [3.63, 3.8) is 0 Å². The minimum atomic E-state index is -0.545. The second-order valence-corrected chi connectivity index (χ2v) is 6.11. The van der Waals surface area contributed by atoms with Crippen molar-refractivity contribution < 1.29 is 9.53 Å².